The number of benzene rings is 1. The van der Waals surface area contributed by atoms with Crippen molar-refractivity contribution in [1.82, 2.24) is 24.1 Å². The van der Waals surface area contributed by atoms with Gasteiger partial charge in [-0.2, -0.15) is 5.10 Å². The van der Waals surface area contributed by atoms with Gasteiger partial charge in [-0.1, -0.05) is 12.1 Å². The molecule has 1 aromatic heterocycles. The molecular weight excluding hydrogens is 369 g/mol. The summed E-state index contributed by atoms with van der Waals surface area (Å²) >= 11 is 5.44. The van der Waals surface area contributed by atoms with Gasteiger partial charge in [-0.05, 0) is 29.9 Å². The van der Waals surface area contributed by atoms with Crippen molar-refractivity contribution in [3.8, 4) is 0 Å². The van der Waals surface area contributed by atoms with Gasteiger partial charge in [-0.15, -0.1) is 0 Å². The fraction of sp³-hybridized carbons (Fsp3) is 0.500. The minimum absolute atomic E-state index is 0.0710. The van der Waals surface area contributed by atoms with Gasteiger partial charge in [0.15, 0.2) is 4.77 Å². The first kappa shape index (κ1) is 19.7. The van der Waals surface area contributed by atoms with Crippen LogP contribution in [0.15, 0.2) is 30.6 Å². The number of carbonyl (C=O) groups excluding carboxylic acids is 1. The molecule has 0 unspecified atom stereocenters. The highest BCUT2D eigenvalue weighted by Gasteiger charge is 2.21. The van der Waals surface area contributed by atoms with Crippen LogP contribution in [0.2, 0.25) is 0 Å². The first-order valence-corrected chi connectivity index (χ1v) is 9.33. The van der Waals surface area contributed by atoms with Crippen LogP contribution < -0.4 is 0 Å². The van der Waals surface area contributed by atoms with Crippen molar-refractivity contribution in [3.63, 3.8) is 0 Å². The fourth-order valence-electron chi connectivity index (χ4n) is 3.03. The number of amides is 1. The molecule has 1 aliphatic rings. The zero-order valence-electron chi connectivity index (χ0n) is 15.4. The summed E-state index contributed by atoms with van der Waals surface area (Å²) in [6.07, 6.45) is 2.03. The summed E-state index contributed by atoms with van der Waals surface area (Å²) in [7, 11) is 1.66. The number of aromatic nitrogens is 3. The Morgan fingerprint density at radius 1 is 1.22 bits per heavy atom. The molecule has 1 fully saturated rings. The van der Waals surface area contributed by atoms with E-state index in [1.807, 2.05) is 9.47 Å². The van der Waals surface area contributed by atoms with Crippen molar-refractivity contribution < 1.29 is 13.9 Å². The number of nitrogens with zero attached hydrogens (tertiary/aromatic N) is 5. The van der Waals surface area contributed by atoms with Crippen LogP contribution in [0.4, 0.5) is 4.39 Å². The van der Waals surface area contributed by atoms with Crippen molar-refractivity contribution in [3.05, 3.63) is 46.7 Å². The topological polar surface area (TPSA) is 55.5 Å². The minimum atomic E-state index is -0.289. The Hall–Kier alpha value is -2.10. The molecule has 1 aliphatic heterocycles. The van der Waals surface area contributed by atoms with Crippen LogP contribution in [0.25, 0.3) is 0 Å². The zero-order valence-corrected chi connectivity index (χ0v) is 16.2. The highest BCUT2D eigenvalue weighted by molar-refractivity contribution is 7.71. The molecule has 0 bridgehead atoms. The number of piperazine rings is 1. The van der Waals surface area contributed by atoms with Crippen molar-refractivity contribution in [2.75, 3.05) is 39.9 Å². The molecule has 0 saturated carbocycles. The summed E-state index contributed by atoms with van der Waals surface area (Å²) in [5.41, 5.74) is 0.830. The van der Waals surface area contributed by atoms with Crippen LogP contribution in [0.5, 0.6) is 0 Å². The van der Waals surface area contributed by atoms with Gasteiger partial charge < -0.3 is 14.2 Å². The third-order valence-electron chi connectivity index (χ3n) is 4.66. The van der Waals surface area contributed by atoms with Crippen LogP contribution in [0, 0.1) is 10.6 Å². The molecule has 146 valence electrons. The van der Waals surface area contributed by atoms with Gasteiger partial charge in [-0.25, -0.2) is 9.07 Å². The van der Waals surface area contributed by atoms with Crippen molar-refractivity contribution >= 4 is 18.1 Å². The van der Waals surface area contributed by atoms with E-state index in [1.165, 1.54) is 12.1 Å². The number of rotatable bonds is 7. The molecule has 27 heavy (non-hydrogen) atoms. The van der Waals surface area contributed by atoms with Gasteiger partial charge in [0.05, 0.1) is 19.7 Å². The maximum atomic E-state index is 13.0. The quantitative estimate of drug-likeness (QED) is 0.668. The summed E-state index contributed by atoms with van der Waals surface area (Å²) in [5, 5.41) is 4.35. The molecule has 1 aromatic carbocycles. The second-order valence-corrected chi connectivity index (χ2v) is 6.91. The lowest BCUT2D eigenvalue weighted by Gasteiger charge is -2.34. The van der Waals surface area contributed by atoms with Gasteiger partial charge in [0.25, 0.3) is 0 Å². The number of ether oxygens (including phenoxy) is 1. The Labute approximate surface area is 162 Å². The summed E-state index contributed by atoms with van der Waals surface area (Å²) in [6.45, 7) is 4.74. The Balaban J connectivity index is 1.48. The predicted octanol–water partition coefficient (Wildman–Crippen LogP) is 1.54. The van der Waals surface area contributed by atoms with Crippen molar-refractivity contribution in [2.45, 2.75) is 19.6 Å². The summed E-state index contributed by atoms with van der Waals surface area (Å²) in [4.78, 5) is 16.5. The highest BCUT2D eigenvalue weighted by Crippen LogP contribution is 2.09. The number of methoxy groups -OCH3 is 1. The fourth-order valence-corrected chi connectivity index (χ4v) is 3.27. The first-order chi connectivity index (χ1) is 13.1. The van der Waals surface area contributed by atoms with Crippen molar-refractivity contribution in [1.29, 1.82) is 0 Å². The molecule has 3 rings (SSSR count). The average molecular weight is 393 g/mol. The van der Waals surface area contributed by atoms with E-state index >= 15 is 0 Å². The minimum Gasteiger partial charge on any atom is -0.383 e. The lowest BCUT2D eigenvalue weighted by Crippen LogP contribution is -2.49. The SMILES string of the molecule is COCCn1cnn(CN2CCN(C(=O)Cc3ccc(F)cc3)CC2)c1=S. The van der Waals surface area contributed by atoms with E-state index in [0.717, 1.165) is 18.7 Å². The van der Waals surface area contributed by atoms with Gasteiger partial charge in [0, 0.05) is 39.8 Å². The molecule has 9 heteroatoms. The zero-order chi connectivity index (χ0) is 19.2. The van der Waals surface area contributed by atoms with Gasteiger partial charge in [0.1, 0.15) is 12.1 Å². The monoisotopic (exact) mass is 393 g/mol. The highest BCUT2D eigenvalue weighted by atomic mass is 32.1. The first-order valence-electron chi connectivity index (χ1n) is 8.92. The molecule has 2 aromatic rings. The van der Waals surface area contributed by atoms with E-state index in [9.17, 15) is 9.18 Å². The summed E-state index contributed by atoms with van der Waals surface area (Å²) < 4.78 is 22.4. The van der Waals surface area contributed by atoms with E-state index in [-0.39, 0.29) is 11.7 Å². The molecule has 1 saturated heterocycles. The van der Waals surface area contributed by atoms with Gasteiger partial charge >= 0.3 is 0 Å². The standard InChI is InChI=1S/C18H24FN5O2S/c1-26-11-10-23-13-20-24(18(23)27)14-21-6-8-22(9-7-21)17(25)12-15-2-4-16(19)5-3-15/h2-5,13H,6-12,14H2,1H3. The summed E-state index contributed by atoms with van der Waals surface area (Å²) in [6, 6.07) is 6.09. The molecule has 0 spiro atoms. The van der Waals surface area contributed by atoms with E-state index in [4.69, 9.17) is 17.0 Å². The summed E-state index contributed by atoms with van der Waals surface area (Å²) in [5.74, 6) is -0.218. The largest absolute Gasteiger partial charge is 0.383 e. The average Bonchev–Trinajstić information content (AvgIpc) is 3.02. The maximum Gasteiger partial charge on any atom is 0.227 e. The molecule has 0 atom stereocenters. The van der Waals surface area contributed by atoms with Gasteiger partial charge in [-0.3, -0.25) is 9.69 Å². The molecule has 0 aliphatic carbocycles. The van der Waals surface area contributed by atoms with Crippen LogP contribution in [0.1, 0.15) is 5.56 Å². The Bertz CT molecular complexity index is 812. The normalized spacial score (nSPS) is 15.3. The number of halogens is 1. The third-order valence-corrected chi connectivity index (χ3v) is 5.11. The number of hydrogen-bond acceptors (Lipinski definition) is 5. The maximum absolute atomic E-state index is 13.0. The predicted molar refractivity (Wildman–Crippen MR) is 101 cm³/mol. The van der Waals surface area contributed by atoms with Crippen LogP contribution >= 0.6 is 12.2 Å². The van der Waals surface area contributed by atoms with Crippen molar-refractivity contribution in [2.24, 2.45) is 0 Å². The molecular formula is C18H24FN5O2S. The molecule has 1 amide bonds. The van der Waals surface area contributed by atoms with Crippen LogP contribution in [0.3, 0.4) is 0 Å². The third kappa shape index (κ3) is 5.21. The Kier molecular flexibility index (Phi) is 6.70. The second-order valence-electron chi connectivity index (χ2n) is 6.54. The second kappa shape index (κ2) is 9.20. The van der Waals surface area contributed by atoms with Gasteiger partial charge in [0.2, 0.25) is 5.91 Å². The van der Waals surface area contributed by atoms with Crippen LogP contribution in [-0.4, -0.2) is 70.0 Å². The van der Waals surface area contributed by atoms with E-state index in [2.05, 4.69) is 10.00 Å². The molecule has 2 heterocycles. The van der Waals surface area contributed by atoms with E-state index in [1.54, 1.807) is 30.3 Å². The number of hydrogen-bond donors (Lipinski definition) is 0. The molecule has 0 N–H and O–H groups in total. The Morgan fingerprint density at radius 3 is 2.59 bits per heavy atom. The van der Waals surface area contributed by atoms with Crippen LogP contribution in [-0.2, 0) is 29.2 Å². The lowest BCUT2D eigenvalue weighted by atomic mass is 10.1. The molecule has 7 nitrogen and oxygen atoms in total. The number of carbonyl (C=O) groups is 1. The lowest BCUT2D eigenvalue weighted by molar-refractivity contribution is -0.132. The molecule has 0 radical (unpaired) electrons. The van der Waals surface area contributed by atoms with E-state index in [0.29, 0.717) is 44.1 Å². The smallest absolute Gasteiger partial charge is 0.227 e. The Morgan fingerprint density at radius 2 is 1.93 bits per heavy atom. The van der Waals surface area contributed by atoms with E-state index < -0.39 is 0 Å².